The number of benzene rings is 1. The number of amides is 1. The molecule has 7 heteroatoms. The highest BCUT2D eigenvalue weighted by molar-refractivity contribution is 5.98. The Hall–Kier alpha value is -2.80. The third kappa shape index (κ3) is 4.15. The van der Waals surface area contributed by atoms with Crippen LogP contribution in [0.25, 0.3) is 10.9 Å². The van der Waals surface area contributed by atoms with Crippen molar-refractivity contribution >= 4 is 16.8 Å². The number of carbonyl (C=O) groups excluding carboxylic acids is 1. The lowest BCUT2D eigenvalue weighted by Gasteiger charge is -2.16. The fraction of sp³-hybridized carbons (Fsp3) is 0.455. The summed E-state index contributed by atoms with van der Waals surface area (Å²) in [4.78, 5) is 23.6. The van der Waals surface area contributed by atoms with E-state index in [1.165, 1.54) is 12.8 Å². The van der Waals surface area contributed by atoms with Crippen molar-refractivity contribution in [2.45, 2.75) is 31.6 Å². The maximum Gasteiger partial charge on any atom is 0.253 e. The molecule has 2 aliphatic rings. The van der Waals surface area contributed by atoms with Gasteiger partial charge in [-0.1, -0.05) is 11.2 Å². The predicted molar refractivity (Wildman–Crippen MR) is 107 cm³/mol. The van der Waals surface area contributed by atoms with Crippen LogP contribution < -0.4 is 0 Å². The summed E-state index contributed by atoms with van der Waals surface area (Å²) in [6.07, 6.45) is 5.84. The van der Waals surface area contributed by atoms with E-state index in [0.717, 1.165) is 29.8 Å². The van der Waals surface area contributed by atoms with E-state index in [4.69, 9.17) is 9.26 Å². The maximum atomic E-state index is 12.9. The Morgan fingerprint density at radius 3 is 3.07 bits per heavy atom. The lowest BCUT2D eigenvalue weighted by atomic mass is 10.1. The number of pyridine rings is 1. The molecule has 3 aromatic rings. The van der Waals surface area contributed by atoms with Crippen LogP contribution in [-0.2, 0) is 11.2 Å². The van der Waals surface area contributed by atoms with Crippen molar-refractivity contribution in [3.05, 3.63) is 53.8 Å². The van der Waals surface area contributed by atoms with Gasteiger partial charge in [0.1, 0.15) is 0 Å². The quantitative estimate of drug-likeness (QED) is 0.574. The van der Waals surface area contributed by atoms with Crippen molar-refractivity contribution < 1.29 is 14.1 Å². The fourth-order valence-electron chi connectivity index (χ4n) is 3.77. The Bertz CT molecular complexity index is 1010. The molecule has 1 aliphatic carbocycles. The van der Waals surface area contributed by atoms with E-state index in [9.17, 15) is 4.79 Å². The fourth-order valence-corrected chi connectivity index (χ4v) is 3.77. The van der Waals surface area contributed by atoms with Gasteiger partial charge >= 0.3 is 0 Å². The number of ether oxygens (including phenoxy) is 1. The molecule has 0 bridgehead atoms. The van der Waals surface area contributed by atoms with E-state index in [1.807, 2.05) is 35.2 Å². The molecule has 0 spiro atoms. The van der Waals surface area contributed by atoms with Crippen LogP contribution >= 0.6 is 0 Å². The summed E-state index contributed by atoms with van der Waals surface area (Å²) in [5, 5.41) is 5.05. The van der Waals surface area contributed by atoms with Gasteiger partial charge in [0.2, 0.25) is 5.89 Å². The zero-order chi connectivity index (χ0) is 19.6. The summed E-state index contributed by atoms with van der Waals surface area (Å²) in [6.45, 7) is 2.76. The number of hydrogen-bond acceptors (Lipinski definition) is 6. The van der Waals surface area contributed by atoms with Crippen molar-refractivity contribution in [3.63, 3.8) is 0 Å². The number of rotatable bonds is 7. The van der Waals surface area contributed by atoms with Gasteiger partial charge in [-0.15, -0.1) is 0 Å². The van der Waals surface area contributed by atoms with Crippen molar-refractivity contribution in [1.82, 2.24) is 20.0 Å². The van der Waals surface area contributed by atoms with E-state index < -0.39 is 0 Å². The lowest BCUT2D eigenvalue weighted by molar-refractivity contribution is 0.0789. The van der Waals surface area contributed by atoms with Gasteiger partial charge in [-0.2, -0.15) is 4.98 Å². The second kappa shape index (κ2) is 7.91. The van der Waals surface area contributed by atoms with E-state index in [-0.39, 0.29) is 11.8 Å². The molecule has 1 saturated heterocycles. The monoisotopic (exact) mass is 392 g/mol. The zero-order valence-electron chi connectivity index (χ0n) is 16.3. The molecular weight excluding hydrogens is 368 g/mol. The molecule has 29 heavy (non-hydrogen) atoms. The van der Waals surface area contributed by atoms with E-state index in [1.54, 1.807) is 6.20 Å². The smallest absolute Gasteiger partial charge is 0.253 e. The second-order valence-corrected chi connectivity index (χ2v) is 7.96. The summed E-state index contributed by atoms with van der Waals surface area (Å²) in [5.41, 5.74) is 1.58. The molecule has 2 aromatic heterocycles. The van der Waals surface area contributed by atoms with Crippen LogP contribution in [0.15, 0.2) is 41.1 Å². The molecule has 1 aromatic carbocycles. The van der Waals surface area contributed by atoms with Gasteiger partial charge in [0.25, 0.3) is 5.91 Å². The largest absolute Gasteiger partial charge is 0.381 e. The first-order valence-corrected chi connectivity index (χ1v) is 10.3. The average Bonchev–Trinajstić information content (AvgIpc) is 3.25. The molecule has 0 N–H and O–H groups in total. The topological polar surface area (TPSA) is 81.4 Å². The predicted octanol–water partition coefficient (Wildman–Crippen LogP) is 3.22. The van der Waals surface area contributed by atoms with Gasteiger partial charge in [-0.3, -0.25) is 9.78 Å². The molecule has 150 valence electrons. The molecule has 7 nitrogen and oxygen atoms in total. The van der Waals surface area contributed by atoms with Gasteiger partial charge in [0, 0.05) is 43.3 Å². The van der Waals surface area contributed by atoms with Crippen LogP contribution in [0.4, 0.5) is 0 Å². The first-order valence-electron chi connectivity index (χ1n) is 10.3. The molecule has 1 amide bonds. The molecule has 3 heterocycles. The first kappa shape index (κ1) is 18.2. The summed E-state index contributed by atoms with van der Waals surface area (Å²) >= 11 is 0. The van der Waals surface area contributed by atoms with Crippen molar-refractivity contribution in [1.29, 1.82) is 0 Å². The van der Waals surface area contributed by atoms with Crippen LogP contribution in [0.5, 0.6) is 0 Å². The highest BCUT2D eigenvalue weighted by atomic mass is 16.5. The van der Waals surface area contributed by atoms with Crippen LogP contribution in [0.1, 0.15) is 47.3 Å². The number of hydrogen-bond donors (Lipinski definition) is 0. The van der Waals surface area contributed by atoms with Gasteiger partial charge in [0.05, 0.1) is 18.0 Å². The van der Waals surface area contributed by atoms with Crippen molar-refractivity contribution in [2.24, 2.45) is 5.92 Å². The van der Waals surface area contributed by atoms with Crippen LogP contribution in [-0.4, -0.2) is 52.2 Å². The first-order chi connectivity index (χ1) is 14.3. The number of fused-ring (bicyclic) bond motifs is 1. The molecule has 1 atom stereocenters. The van der Waals surface area contributed by atoms with Gasteiger partial charge in [-0.05, 0) is 49.4 Å². The SMILES string of the molecule is O=C(c1ccc2ncccc2c1)N1CCC(c2nc(CCOCC3CC3)no2)C1. The number of likely N-dealkylation sites (tertiary alicyclic amines) is 1. The lowest BCUT2D eigenvalue weighted by Crippen LogP contribution is -2.28. The second-order valence-electron chi connectivity index (χ2n) is 7.96. The Morgan fingerprint density at radius 2 is 2.17 bits per heavy atom. The number of nitrogens with zero attached hydrogens (tertiary/aromatic N) is 4. The molecule has 1 saturated carbocycles. The average molecular weight is 392 g/mol. The highest BCUT2D eigenvalue weighted by Crippen LogP contribution is 2.29. The van der Waals surface area contributed by atoms with Crippen molar-refractivity contribution in [2.75, 3.05) is 26.3 Å². The van der Waals surface area contributed by atoms with E-state index in [0.29, 0.717) is 43.4 Å². The minimum absolute atomic E-state index is 0.0338. The Kier molecular flexibility index (Phi) is 4.97. The molecule has 1 aliphatic heterocycles. The molecular formula is C22H24N4O3. The van der Waals surface area contributed by atoms with Gasteiger partial charge < -0.3 is 14.2 Å². The Balaban J connectivity index is 1.18. The zero-order valence-corrected chi connectivity index (χ0v) is 16.3. The van der Waals surface area contributed by atoms with Crippen molar-refractivity contribution in [3.8, 4) is 0 Å². The summed E-state index contributed by atoms with van der Waals surface area (Å²) in [5.74, 6) is 2.20. The Labute approximate surface area is 169 Å². The summed E-state index contributed by atoms with van der Waals surface area (Å²) < 4.78 is 11.1. The maximum absolute atomic E-state index is 12.9. The van der Waals surface area contributed by atoms with E-state index >= 15 is 0 Å². The standard InChI is InChI=1S/C22H24N4O3/c27-22(17-5-6-19-16(12-17)2-1-9-23-19)26-10-7-18(13-26)21-24-20(25-29-21)8-11-28-14-15-3-4-15/h1-2,5-6,9,12,15,18H,3-4,7-8,10-11,13-14H2. The highest BCUT2D eigenvalue weighted by Gasteiger charge is 2.31. The summed E-state index contributed by atoms with van der Waals surface area (Å²) in [7, 11) is 0. The molecule has 1 unspecified atom stereocenters. The molecule has 5 rings (SSSR count). The van der Waals surface area contributed by atoms with Gasteiger partial charge in [0.15, 0.2) is 5.82 Å². The van der Waals surface area contributed by atoms with Gasteiger partial charge in [-0.25, -0.2) is 0 Å². The molecule has 0 radical (unpaired) electrons. The third-order valence-corrected chi connectivity index (χ3v) is 5.68. The Morgan fingerprint density at radius 1 is 1.24 bits per heavy atom. The minimum atomic E-state index is 0.0338. The van der Waals surface area contributed by atoms with E-state index in [2.05, 4.69) is 15.1 Å². The number of aromatic nitrogens is 3. The van der Waals surface area contributed by atoms with Crippen LogP contribution in [0.2, 0.25) is 0 Å². The normalized spacial score (nSPS) is 19.2. The van der Waals surface area contributed by atoms with Crippen LogP contribution in [0, 0.1) is 5.92 Å². The molecule has 2 fully saturated rings. The summed E-state index contributed by atoms with van der Waals surface area (Å²) in [6, 6.07) is 9.50. The van der Waals surface area contributed by atoms with Crippen LogP contribution in [0.3, 0.4) is 0 Å². The third-order valence-electron chi connectivity index (χ3n) is 5.68. The number of carbonyl (C=O) groups is 1. The minimum Gasteiger partial charge on any atom is -0.381 e.